The lowest BCUT2D eigenvalue weighted by Gasteiger charge is -2.10. The first kappa shape index (κ1) is 15.7. The molecule has 0 saturated heterocycles. The van der Waals surface area contributed by atoms with Gasteiger partial charge in [-0.05, 0) is 30.4 Å². The van der Waals surface area contributed by atoms with Crippen LogP contribution in [0.5, 0.6) is 0 Å². The van der Waals surface area contributed by atoms with Gasteiger partial charge >= 0.3 is 0 Å². The molecule has 1 aromatic carbocycles. The number of unbranched alkanes of at least 4 members (excludes halogenated alkanes) is 2. The Labute approximate surface area is 117 Å². The summed E-state index contributed by atoms with van der Waals surface area (Å²) in [6.07, 6.45) is 6.34. The van der Waals surface area contributed by atoms with Crippen LogP contribution in [0.4, 0.5) is 0 Å². The average Bonchev–Trinajstić information content (AvgIpc) is 2.46. The van der Waals surface area contributed by atoms with Crippen LogP contribution in [0.2, 0.25) is 0 Å². The first-order valence-electron chi connectivity index (χ1n) is 7.39. The van der Waals surface area contributed by atoms with Gasteiger partial charge in [-0.25, -0.2) is 0 Å². The van der Waals surface area contributed by atoms with E-state index in [-0.39, 0.29) is 6.10 Å². The molecule has 0 bridgehead atoms. The molecule has 0 saturated carbocycles. The van der Waals surface area contributed by atoms with Gasteiger partial charge in [0, 0.05) is 0 Å². The molecule has 0 heterocycles. The molecule has 0 radical (unpaired) electrons. The lowest BCUT2D eigenvalue weighted by Crippen LogP contribution is -2.10. The Hall–Kier alpha value is -1.33. The van der Waals surface area contributed by atoms with Crippen molar-refractivity contribution in [1.29, 1.82) is 5.26 Å². The molecule has 0 aliphatic carbocycles. The molecule has 1 rings (SSSR count). The smallest absolute Gasteiger partial charge is 0.144 e. The SMILES string of the molecule is CCCCc1ccc(COC(C#N)CCCC)cc1. The zero-order valence-electron chi connectivity index (χ0n) is 12.2. The summed E-state index contributed by atoms with van der Waals surface area (Å²) in [5, 5.41) is 9.00. The molecule has 19 heavy (non-hydrogen) atoms. The second-order valence-electron chi connectivity index (χ2n) is 4.99. The van der Waals surface area contributed by atoms with Gasteiger partial charge in [0.15, 0.2) is 0 Å². The Morgan fingerprint density at radius 2 is 1.68 bits per heavy atom. The summed E-state index contributed by atoms with van der Waals surface area (Å²) in [4.78, 5) is 0. The molecule has 0 amide bonds. The Balaban J connectivity index is 2.38. The fourth-order valence-electron chi connectivity index (χ4n) is 1.95. The monoisotopic (exact) mass is 259 g/mol. The Morgan fingerprint density at radius 3 is 2.26 bits per heavy atom. The topological polar surface area (TPSA) is 33.0 Å². The summed E-state index contributed by atoms with van der Waals surface area (Å²) in [6.45, 7) is 4.88. The summed E-state index contributed by atoms with van der Waals surface area (Å²) in [5.74, 6) is 0. The molecule has 0 spiro atoms. The molecule has 0 aliphatic rings. The maximum absolute atomic E-state index is 9.00. The number of ether oxygens (including phenoxy) is 1. The zero-order chi connectivity index (χ0) is 13.9. The molecule has 1 unspecified atom stereocenters. The van der Waals surface area contributed by atoms with Gasteiger partial charge in [-0.3, -0.25) is 0 Å². The number of hydrogen-bond acceptors (Lipinski definition) is 2. The normalized spacial score (nSPS) is 12.1. The maximum atomic E-state index is 9.00. The first-order chi connectivity index (χ1) is 9.30. The van der Waals surface area contributed by atoms with Crippen LogP contribution in [0.1, 0.15) is 57.1 Å². The van der Waals surface area contributed by atoms with E-state index in [0.29, 0.717) is 6.61 Å². The van der Waals surface area contributed by atoms with E-state index in [0.717, 1.165) is 31.2 Å². The standard InChI is InChI=1S/C17H25NO/c1-3-5-7-15-9-11-16(12-10-15)14-19-17(13-18)8-6-4-2/h9-12,17H,3-8,14H2,1-2H3. The van der Waals surface area contributed by atoms with Crippen LogP contribution >= 0.6 is 0 Å². The van der Waals surface area contributed by atoms with E-state index < -0.39 is 0 Å². The van der Waals surface area contributed by atoms with Crippen molar-refractivity contribution in [3.63, 3.8) is 0 Å². The van der Waals surface area contributed by atoms with Crippen molar-refractivity contribution in [1.82, 2.24) is 0 Å². The molecular weight excluding hydrogens is 234 g/mol. The van der Waals surface area contributed by atoms with E-state index >= 15 is 0 Å². The molecule has 2 heteroatoms. The van der Waals surface area contributed by atoms with Crippen LogP contribution in [-0.2, 0) is 17.8 Å². The minimum absolute atomic E-state index is 0.264. The zero-order valence-corrected chi connectivity index (χ0v) is 12.2. The van der Waals surface area contributed by atoms with Crippen molar-refractivity contribution in [2.45, 2.75) is 65.1 Å². The maximum Gasteiger partial charge on any atom is 0.144 e. The number of benzene rings is 1. The first-order valence-corrected chi connectivity index (χ1v) is 7.39. The number of nitriles is 1. The highest BCUT2D eigenvalue weighted by molar-refractivity contribution is 5.22. The second-order valence-corrected chi connectivity index (χ2v) is 4.99. The highest BCUT2D eigenvalue weighted by atomic mass is 16.5. The predicted octanol–water partition coefficient (Wildman–Crippen LogP) is 4.63. The van der Waals surface area contributed by atoms with E-state index in [2.05, 4.69) is 44.2 Å². The van der Waals surface area contributed by atoms with Gasteiger partial charge in [-0.1, -0.05) is 57.4 Å². The molecule has 0 fully saturated rings. The van der Waals surface area contributed by atoms with Crippen molar-refractivity contribution in [3.05, 3.63) is 35.4 Å². The average molecular weight is 259 g/mol. The van der Waals surface area contributed by atoms with E-state index in [9.17, 15) is 0 Å². The van der Waals surface area contributed by atoms with Gasteiger partial charge in [0.05, 0.1) is 12.7 Å². The van der Waals surface area contributed by atoms with Crippen LogP contribution in [0.3, 0.4) is 0 Å². The predicted molar refractivity (Wildman–Crippen MR) is 78.8 cm³/mol. The van der Waals surface area contributed by atoms with Crippen LogP contribution < -0.4 is 0 Å². The summed E-state index contributed by atoms with van der Waals surface area (Å²) in [7, 11) is 0. The Bertz CT molecular complexity index is 377. The lowest BCUT2D eigenvalue weighted by molar-refractivity contribution is 0.0699. The summed E-state index contributed by atoms with van der Waals surface area (Å²) < 4.78 is 5.64. The Kier molecular flexibility index (Phi) is 7.93. The molecule has 0 N–H and O–H groups in total. The fourth-order valence-corrected chi connectivity index (χ4v) is 1.95. The molecular formula is C17H25NO. The van der Waals surface area contributed by atoms with Crippen molar-refractivity contribution in [2.75, 3.05) is 0 Å². The van der Waals surface area contributed by atoms with Crippen molar-refractivity contribution in [3.8, 4) is 6.07 Å². The highest BCUT2D eigenvalue weighted by Gasteiger charge is 2.06. The largest absolute Gasteiger partial charge is 0.359 e. The van der Waals surface area contributed by atoms with E-state index in [1.807, 2.05) is 0 Å². The summed E-state index contributed by atoms with van der Waals surface area (Å²) >= 11 is 0. The third kappa shape index (κ3) is 6.40. The molecule has 104 valence electrons. The van der Waals surface area contributed by atoms with Gasteiger partial charge in [0.2, 0.25) is 0 Å². The van der Waals surface area contributed by atoms with Crippen LogP contribution in [0.15, 0.2) is 24.3 Å². The molecule has 0 aliphatic heterocycles. The van der Waals surface area contributed by atoms with Gasteiger partial charge in [0.25, 0.3) is 0 Å². The number of hydrogen-bond donors (Lipinski definition) is 0. The van der Waals surface area contributed by atoms with Gasteiger partial charge in [0.1, 0.15) is 6.10 Å². The quantitative estimate of drug-likeness (QED) is 0.648. The second kappa shape index (κ2) is 9.58. The third-order valence-electron chi connectivity index (χ3n) is 3.26. The highest BCUT2D eigenvalue weighted by Crippen LogP contribution is 2.11. The van der Waals surface area contributed by atoms with E-state index in [4.69, 9.17) is 10.00 Å². The minimum Gasteiger partial charge on any atom is -0.359 e. The van der Waals surface area contributed by atoms with Crippen LogP contribution in [-0.4, -0.2) is 6.10 Å². The van der Waals surface area contributed by atoms with Crippen molar-refractivity contribution >= 4 is 0 Å². The molecule has 2 nitrogen and oxygen atoms in total. The van der Waals surface area contributed by atoms with Crippen molar-refractivity contribution < 1.29 is 4.74 Å². The Morgan fingerprint density at radius 1 is 1.05 bits per heavy atom. The van der Waals surface area contributed by atoms with E-state index in [1.165, 1.54) is 18.4 Å². The third-order valence-corrected chi connectivity index (χ3v) is 3.26. The van der Waals surface area contributed by atoms with E-state index in [1.54, 1.807) is 0 Å². The number of aryl methyl sites for hydroxylation is 1. The van der Waals surface area contributed by atoms with Gasteiger partial charge in [-0.2, -0.15) is 5.26 Å². The van der Waals surface area contributed by atoms with Crippen molar-refractivity contribution in [2.24, 2.45) is 0 Å². The molecule has 0 aromatic heterocycles. The van der Waals surface area contributed by atoms with Crippen LogP contribution in [0, 0.1) is 11.3 Å². The van der Waals surface area contributed by atoms with Gasteiger partial charge < -0.3 is 4.74 Å². The summed E-state index contributed by atoms with van der Waals surface area (Å²) in [5.41, 5.74) is 2.53. The minimum atomic E-state index is -0.264. The van der Waals surface area contributed by atoms with Gasteiger partial charge in [-0.15, -0.1) is 0 Å². The number of rotatable bonds is 9. The number of nitrogens with zero attached hydrogens (tertiary/aromatic N) is 1. The molecule has 1 atom stereocenters. The lowest BCUT2D eigenvalue weighted by atomic mass is 10.1. The summed E-state index contributed by atoms with van der Waals surface area (Å²) in [6, 6.07) is 10.8. The molecule has 1 aromatic rings. The van der Waals surface area contributed by atoms with Crippen LogP contribution in [0.25, 0.3) is 0 Å². The fraction of sp³-hybridized carbons (Fsp3) is 0.588.